The van der Waals surface area contributed by atoms with E-state index in [-0.39, 0.29) is 43.1 Å². The summed E-state index contributed by atoms with van der Waals surface area (Å²) in [5, 5.41) is 2.96. The van der Waals surface area contributed by atoms with Crippen LogP contribution >= 0.6 is 37.2 Å². The fourth-order valence-electron chi connectivity index (χ4n) is 3.85. The highest BCUT2D eigenvalue weighted by Crippen LogP contribution is 2.21. The summed E-state index contributed by atoms with van der Waals surface area (Å²) in [6.07, 6.45) is 2.96. The van der Waals surface area contributed by atoms with E-state index in [1.54, 1.807) is 0 Å². The molecule has 0 bridgehead atoms. The SMILES string of the molecule is Cl.Cl.Cl.NC1(C(=O)Nc2ccc(CN3CCN(c4ccccn4)CC3)cc2)CCOCC1. The number of hydrogen-bond acceptors (Lipinski definition) is 6. The summed E-state index contributed by atoms with van der Waals surface area (Å²) < 4.78 is 5.31. The highest BCUT2D eigenvalue weighted by molar-refractivity contribution is 5.98. The zero-order chi connectivity index (χ0) is 20.1. The number of nitrogens with two attached hydrogens (primary N) is 1. The van der Waals surface area contributed by atoms with Gasteiger partial charge in [-0.2, -0.15) is 0 Å². The Morgan fingerprint density at radius 1 is 1.00 bits per heavy atom. The molecule has 0 atom stereocenters. The van der Waals surface area contributed by atoms with Crippen LogP contribution in [0.25, 0.3) is 0 Å². The van der Waals surface area contributed by atoms with Gasteiger partial charge in [0.1, 0.15) is 11.4 Å². The lowest BCUT2D eigenvalue weighted by Gasteiger charge is -2.35. The van der Waals surface area contributed by atoms with Gasteiger partial charge in [-0.05, 0) is 42.7 Å². The van der Waals surface area contributed by atoms with E-state index < -0.39 is 5.54 Å². The van der Waals surface area contributed by atoms with Crippen molar-refractivity contribution in [1.82, 2.24) is 9.88 Å². The van der Waals surface area contributed by atoms with E-state index in [0.717, 1.165) is 44.2 Å². The van der Waals surface area contributed by atoms with Crippen LogP contribution in [0.15, 0.2) is 48.7 Å². The zero-order valence-electron chi connectivity index (χ0n) is 17.9. The van der Waals surface area contributed by atoms with Crippen molar-refractivity contribution >= 4 is 54.6 Å². The van der Waals surface area contributed by atoms with Gasteiger partial charge in [0.25, 0.3) is 0 Å². The molecule has 10 heteroatoms. The Hall–Kier alpha value is -1.61. The average molecular weight is 505 g/mol. The molecule has 3 heterocycles. The number of benzene rings is 1. The standard InChI is InChI=1S/C22H29N5O2.3ClH/c23-22(8-15-29-16-9-22)21(28)25-19-6-4-18(5-7-19)17-26-11-13-27(14-12-26)20-3-1-2-10-24-20;;;/h1-7,10H,8-9,11-17,23H2,(H,25,28);3*1H. The molecule has 32 heavy (non-hydrogen) atoms. The van der Waals surface area contributed by atoms with E-state index in [1.165, 1.54) is 5.56 Å². The Balaban J connectivity index is 0.00000171. The number of piperazine rings is 1. The monoisotopic (exact) mass is 503 g/mol. The number of nitrogens with one attached hydrogen (secondary N) is 1. The molecule has 1 aromatic carbocycles. The predicted molar refractivity (Wildman–Crippen MR) is 136 cm³/mol. The van der Waals surface area contributed by atoms with Gasteiger partial charge < -0.3 is 20.7 Å². The molecule has 3 N–H and O–H groups in total. The summed E-state index contributed by atoms with van der Waals surface area (Å²) >= 11 is 0. The second-order valence-corrected chi connectivity index (χ2v) is 7.87. The summed E-state index contributed by atoms with van der Waals surface area (Å²) in [7, 11) is 0. The molecule has 2 aliphatic rings. The lowest BCUT2D eigenvalue weighted by Crippen LogP contribution is -2.54. The fraction of sp³-hybridized carbons (Fsp3) is 0.455. The first-order valence-corrected chi connectivity index (χ1v) is 10.3. The van der Waals surface area contributed by atoms with Crippen LogP contribution in [0.1, 0.15) is 18.4 Å². The van der Waals surface area contributed by atoms with Crippen LogP contribution in [0.2, 0.25) is 0 Å². The van der Waals surface area contributed by atoms with Crippen molar-refractivity contribution in [2.75, 3.05) is 49.6 Å². The third-order valence-electron chi connectivity index (χ3n) is 5.80. The molecule has 0 unspecified atom stereocenters. The quantitative estimate of drug-likeness (QED) is 0.651. The van der Waals surface area contributed by atoms with Crippen molar-refractivity contribution in [3.8, 4) is 0 Å². The average Bonchev–Trinajstić information content (AvgIpc) is 2.77. The van der Waals surface area contributed by atoms with Crippen LogP contribution < -0.4 is 16.0 Å². The first-order valence-electron chi connectivity index (χ1n) is 10.3. The second-order valence-electron chi connectivity index (χ2n) is 7.87. The van der Waals surface area contributed by atoms with Crippen LogP contribution in [0.4, 0.5) is 11.5 Å². The molecular weight excluding hydrogens is 473 g/mol. The molecule has 2 fully saturated rings. The van der Waals surface area contributed by atoms with Gasteiger partial charge in [-0.15, -0.1) is 37.2 Å². The van der Waals surface area contributed by atoms with Gasteiger partial charge in [-0.3, -0.25) is 9.69 Å². The molecule has 2 aromatic rings. The summed E-state index contributed by atoms with van der Waals surface area (Å²) in [6.45, 7) is 5.95. The first-order chi connectivity index (χ1) is 14.1. The normalized spacial score (nSPS) is 17.8. The van der Waals surface area contributed by atoms with Gasteiger partial charge in [0.05, 0.1) is 0 Å². The number of aromatic nitrogens is 1. The number of ether oxygens (including phenoxy) is 1. The smallest absolute Gasteiger partial charge is 0.244 e. The van der Waals surface area contributed by atoms with Crippen molar-refractivity contribution in [2.24, 2.45) is 5.73 Å². The van der Waals surface area contributed by atoms with Crippen molar-refractivity contribution in [2.45, 2.75) is 24.9 Å². The molecule has 0 saturated carbocycles. The molecule has 0 spiro atoms. The number of amides is 1. The molecule has 0 aliphatic carbocycles. The number of pyridine rings is 1. The maximum Gasteiger partial charge on any atom is 0.244 e. The Bertz CT molecular complexity index is 812. The molecule has 4 rings (SSSR count). The Kier molecular flexibility index (Phi) is 11.7. The van der Waals surface area contributed by atoms with Gasteiger partial charge in [0, 0.05) is 57.8 Å². The van der Waals surface area contributed by atoms with Crippen molar-refractivity contribution in [1.29, 1.82) is 0 Å². The number of halogens is 3. The van der Waals surface area contributed by atoms with E-state index in [1.807, 2.05) is 30.5 Å². The molecular formula is C22H32Cl3N5O2. The largest absolute Gasteiger partial charge is 0.381 e. The van der Waals surface area contributed by atoms with Gasteiger partial charge in [-0.1, -0.05) is 18.2 Å². The first kappa shape index (κ1) is 28.4. The fourth-order valence-corrected chi connectivity index (χ4v) is 3.85. The van der Waals surface area contributed by atoms with E-state index in [4.69, 9.17) is 10.5 Å². The zero-order valence-corrected chi connectivity index (χ0v) is 20.4. The van der Waals surface area contributed by atoms with Crippen LogP contribution in [-0.4, -0.2) is 60.7 Å². The molecule has 7 nitrogen and oxygen atoms in total. The minimum absolute atomic E-state index is 0. The second kappa shape index (κ2) is 13.2. The third kappa shape index (κ3) is 7.20. The van der Waals surface area contributed by atoms with E-state index in [9.17, 15) is 4.79 Å². The van der Waals surface area contributed by atoms with Crippen molar-refractivity contribution < 1.29 is 9.53 Å². The van der Waals surface area contributed by atoms with E-state index in [0.29, 0.717) is 26.1 Å². The van der Waals surface area contributed by atoms with Gasteiger partial charge in [0.15, 0.2) is 0 Å². The maximum absolute atomic E-state index is 12.5. The minimum atomic E-state index is -0.829. The number of carbonyl (C=O) groups excluding carboxylic acids is 1. The molecule has 1 aromatic heterocycles. The Morgan fingerprint density at radius 3 is 2.25 bits per heavy atom. The molecule has 2 aliphatic heterocycles. The van der Waals surface area contributed by atoms with Crippen molar-refractivity contribution in [3.05, 3.63) is 54.2 Å². The van der Waals surface area contributed by atoms with Gasteiger partial charge >= 0.3 is 0 Å². The molecule has 2 saturated heterocycles. The van der Waals surface area contributed by atoms with E-state index >= 15 is 0 Å². The summed E-state index contributed by atoms with van der Waals surface area (Å²) in [4.78, 5) is 21.7. The third-order valence-corrected chi connectivity index (χ3v) is 5.80. The van der Waals surface area contributed by atoms with Crippen LogP contribution in [0.5, 0.6) is 0 Å². The topological polar surface area (TPSA) is 83.7 Å². The predicted octanol–water partition coefficient (Wildman–Crippen LogP) is 3.12. The molecule has 178 valence electrons. The Morgan fingerprint density at radius 2 is 1.66 bits per heavy atom. The number of hydrogen-bond donors (Lipinski definition) is 2. The van der Waals surface area contributed by atoms with Crippen LogP contribution in [0.3, 0.4) is 0 Å². The highest BCUT2D eigenvalue weighted by atomic mass is 35.5. The van der Waals surface area contributed by atoms with Crippen LogP contribution in [0, 0.1) is 0 Å². The lowest BCUT2D eigenvalue weighted by atomic mass is 9.90. The van der Waals surface area contributed by atoms with Crippen LogP contribution in [-0.2, 0) is 16.1 Å². The molecule has 1 amide bonds. The van der Waals surface area contributed by atoms with Crippen molar-refractivity contribution in [3.63, 3.8) is 0 Å². The molecule has 0 radical (unpaired) electrons. The van der Waals surface area contributed by atoms with Gasteiger partial charge in [-0.25, -0.2) is 4.98 Å². The summed E-state index contributed by atoms with van der Waals surface area (Å²) in [5.74, 6) is 0.925. The summed E-state index contributed by atoms with van der Waals surface area (Å²) in [5.41, 5.74) is 7.45. The van der Waals surface area contributed by atoms with E-state index in [2.05, 4.69) is 38.3 Å². The lowest BCUT2D eigenvalue weighted by molar-refractivity contribution is -0.124. The minimum Gasteiger partial charge on any atom is -0.381 e. The number of nitrogens with zero attached hydrogens (tertiary/aromatic N) is 3. The number of anilines is 2. The highest BCUT2D eigenvalue weighted by Gasteiger charge is 2.35. The summed E-state index contributed by atoms with van der Waals surface area (Å²) in [6, 6.07) is 14.1. The Labute approximate surface area is 208 Å². The number of carbonyl (C=O) groups is 1. The van der Waals surface area contributed by atoms with Gasteiger partial charge in [0.2, 0.25) is 5.91 Å². The maximum atomic E-state index is 12.5. The number of rotatable bonds is 5.